The summed E-state index contributed by atoms with van der Waals surface area (Å²) in [4.78, 5) is 15.7. The van der Waals surface area contributed by atoms with E-state index in [0.717, 1.165) is 53.8 Å². The van der Waals surface area contributed by atoms with Gasteiger partial charge in [0, 0.05) is 23.1 Å². The van der Waals surface area contributed by atoms with Crippen LogP contribution in [-0.2, 0) is 22.7 Å². The van der Waals surface area contributed by atoms with Crippen LogP contribution >= 0.6 is 11.8 Å². The van der Waals surface area contributed by atoms with Gasteiger partial charge in [-0.2, -0.15) is 11.8 Å². The van der Waals surface area contributed by atoms with Gasteiger partial charge in [-0.3, -0.25) is 0 Å². The van der Waals surface area contributed by atoms with Gasteiger partial charge >= 0.3 is 5.97 Å². The van der Waals surface area contributed by atoms with Gasteiger partial charge in [0.15, 0.2) is 0 Å². The molecular formula is C28H31NO5S. The van der Waals surface area contributed by atoms with Crippen molar-refractivity contribution in [1.29, 1.82) is 0 Å². The Bertz CT molecular complexity index is 1110. The highest BCUT2D eigenvalue weighted by molar-refractivity contribution is 7.97. The average Bonchev–Trinajstić information content (AvgIpc) is 2.88. The Balaban J connectivity index is 1.53. The van der Waals surface area contributed by atoms with Gasteiger partial charge in [0.1, 0.15) is 22.9 Å². The molecule has 0 aliphatic heterocycles. The standard InChI is InChI=1S/C28H31NO5S/c1-32-24-13-10-21(11-14-24)7-5-6-18-34-27-16-12-23(29-25(27)15-17-28(30)31)20-35-19-22-8-3-4-9-26(22)33-2/h3-4,8-17H,5-7,18-20H2,1-2H3,(H,30,31). The molecule has 1 N–H and O–H groups in total. The lowest BCUT2D eigenvalue weighted by atomic mass is 10.1. The van der Waals surface area contributed by atoms with E-state index in [-0.39, 0.29) is 0 Å². The monoisotopic (exact) mass is 493 g/mol. The minimum absolute atomic E-state index is 0.526. The fraction of sp³-hybridized carbons (Fsp3) is 0.286. The molecular weight excluding hydrogens is 462 g/mol. The summed E-state index contributed by atoms with van der Waals surface area (Å²) in [6.07, 6.45) is 5.40. The lowest BCUT2D eigenvalue weighted by Gasteiger charge is -2.11. The number of carboxylic acids is 1. The van der Waals surface area contributed by atoms with E-state index in [1.165, 1.54) is 11.6 Å². The first-order chi connectivity index (χ1) is 17.1. The second-order valence-corrected chi connectivity index (χ2v) is 8.80. The van der Waals surface area contributed by atoms with Crippen LogP contribution in [0.4, 0.5) is 0 Å². The third kappa shape index (κ3) is 8.68. The van der Waals surface area contributed by atoms with Gasteiger partial charge in [-0.15, -0.1) is 0 Å². The van der Waals surface area contributed by atoms with Gasteiger partial charge in [0.05, 0.1) is 26.5 Å². The lowest BCUT2D eigenvalue weighted by molar-refractivity contribution is -0.131. The number of hydrogen-bond acceptors (Lipinski definition) is 6. The zero-order valence-corrected chi connectivity index (χ0v) is 20.9. The normalized spacial score (nSPS) is 10.9. The molecule has 1 aromatic heterocycles. The summed E-state index contributed by atoms with van der Waals surface area (Å²) in [5.41, 5.74) is 3.77. The zero-order chi connectivity index (χ0) is 24.9. The molecule has 0 saturated carbocycles. The fourth-order valence-corrected chi connectivity index (χ4v) is 4.40. The number of rotatable bonds is 14. The van der Waals surface area contributed by atoms with E-state index in [0.29, 0.717) is 23.8 Å². The highest BCUT2D eigenvalue weighted by Gasteiger charge is 2.08. The smallest absolute Gasteiger partial charge is 0.328 e. The van der Waals surface area contributed by atoms with Crippen molar-refractivity contribution in [3.8, 4) is 17.2 Å². The maximum absolute atomic E-state index is 11.1. The van der Waals surface area contributed by atoms with Crippen LogP contribution in [0.1, 0.15) is 35.4 Å². The zero-order valence-electron chi connectivity index (χ0n) is 20.1. The summed E-state index contributed by atoms with van der Waals surface area (Å²) in [6, 6.07) is 19.8. The Kier molecular flexibility index (Phi) is 10.5. The number of unbranched alkanes of at least 4 members (excludes halogenated alkanes) is 1. The highest BCUT2D eigenvalue weighted by atomic mass is 32.2. The first kappa shape index (κ1) is 26.2. The third-order valence-electron chi connectivity index (χ3n) is 5.30. The predicted octanol–water partition coefficient (Wildman–Crippen LogP) is 6.03. The quantitative estimate of drug-likeness (QED) is 0.217. The van der Waals surface area contributed by atoms with E-state index in [1.807, 2.05) is 48.5 Å². The van der Waals surface area contributed by atoms with Crippen molar-refractivity contribution < 1.29 is 24.1 Å². The van der Waals surface area contributed by atoms with E-state index in [9.17, 15) is 4.79 Å². The fourth-order valence-electron chi connectivity index (χ4n) is 3.47. The van der Waals surface area contributed by atoms with Crippen molar-refractivity contribution in [3.05, 3.63) is 89.3 Å². The molecule has 3 rings (SSSR count). The van der Waals surface area contributed by atoms with E-state index >= 15 is 0 Å². The SMILES string of the molecule is COc1ccc(CCCCOc2ccc(CSCc3ccccc3OC)nc2C=CC(=O)O)cc1. The topological polar surface area (TPSA) is 77.9 Å². The molecule has 0 amide bonds. The summed E-state index contributed by atoms with van der Waals surface area (Å²) >= 11 is 1.72. The average molecular weight is 494 g/mol. The number of nitrogens with zero attached hydrogens (tertiary/aromatic N) is 1. The third-order valence-corrected chi connectivity index (χ3v) is 6.32. The molecule has 0 radical (unpaired) electrons. The second-order valence-electron chi connectivity index (χ2n) is 7.82. The lowest BCUT2D eigenvalue weighted by Crippen LogP contribution is -2.02. The number of hydrogen-bond donors (Lipinski definition) is 1. The number of aliphatic carboxylic acids is 1. The molecule has 0 fully saturated rings. The van der Waals surface area contributed by atoms with Crippen molar-refractivity contribution in [2.45, 2.75) is 30.8 Å². The number of methoxy groups -OCH3 is 2. The summed E-state index contributed by atoms with van der Waals surface area (Å²) in [6.45, 7) is 0.535. The molecule has 2 aromatic carbocycles. The molecule has 0 bridgehead atoms. The molecule has 0 spiro atoms. The van der Waals surface area contributed by atoms with Crippen LogP contribution in [0.25, 0.3) is 6.08 Å². The van der Waals surface area contributed by atoms with Gasteiger partial charge in [-0.1, -0.05) is 30.3 Å². The molecule has 0 saturated heterocycles. The van der Waals surface area contributed by atoms with Gasteiger partial charge in [-0.05, 0) is 61.2 Å². The Hall–Kier alpha value is -3.45. The van der Waals surface area contributed by atoms with Crippen LogP contribution in [0, 0.1) is 0 Å². The number of benzene rings is 2. The molecule has 184 valence electrons. The number of aromatic nitrogens is 1. The molecule has 0 unspecified atom stereocenters. The highest BCUT2D eigenvalue weighted by Crippen LogP contribution is 2.26. The first-order valence-electron chi connectivity index (χ1n) is 11.5. The molecule has 3 aromatic rings. The van der Waals surface area contributed by atoms with Gasteiger partial charge < -0.3 is 19.3 Å². The van der Waals surface area contributed by atoms with Gasteiger partial charge in [0.25, 0.3) is 0 Å². The molecule has 7 heteroatoms. The van der Waals surface area contributed by atoms with Crippen LogP contribution in [0.2, 0.25) is 0 Å². The number of carbonyl (C=O) groups is 1. The van der Waals surface area contributed by atoms with E-state index in [2.05, 4.69) is 17.1 Å². The van der Waals surface area contributed by atoms with E-state index < -0.39 is 5.97 Å². The second kappa shape index (κ2) is 14.1. The maximum Gasteiger partial charge on any atom is 0.328 e. The van der Waals surface area contributed by atoms with Crippen molar-refractivity contribution in [2.75, 3.05) is 20.8 Å². The summed E-state index contributed by atoms with van der Waals surface area (Å²) in [7, 11) is 3.33. The number of carboxylic acid groups (broad SMARTS) is 1. The maximum atomic E-state index is 11.1. The summed E-state index contributed by atoms with van der Waals surface area (Å²) < 4.78 is 16.6. The van der Waals surface area contributed by atoms with Crippen LogP contribution < -0.4 is 14.2 Å². The van der Waals surface area contributed by atoms with Crippen molar-refractivity contribution in [1.82, 2.24) is 4.98 Å². The van der Waals surface area contributed by atoms with Crippen LogP contribution in [0.15, 0.2) is 66.7 Å². The minimum atomic E-state index is -1.02. The largest absolute Gasteiger partial charge is 0.497 e. The van der Waals surface area contributed by atoms with E-state index in [1.54, 1.807) is 26.0 Å². The molecule has 0 aliphatic rings. The number of thioether (sulfide) groups is 1. The Morgan fingerprint density at radius 3 is 2.49 bits per heavy atom. The molecule has 0 aliphatic carbocycles. The minimum Gasteiger partial charge on any atom is -0.497 e. The van der Waals surface area contributed by atoms with Crippen molar-refractivity contribution in [3.63, 3.8) is 0 Å². The van der Waals surface area contributed by atoms with Gasteiger partial charge in [0.2, 0.25) is 0 Å². The Morgan fingerprint density at radius 2 is 1.74 bits per heavy atom. The Morgan fingerprint density at radius 1 is 0.943 bits per heavy atom. The molecule has 0 atom stereocenters. The predicted molar refractivity (Wildman–Crippen MR) is 140 cm³/mol. The number of aryl methyl sites for hydroxylation is 1. The van der Waals surface area contributed by atoms with Gasteiger partial charge in [-0.25, -0.2) is 9.78 Å². The number of pyridine rings is 1. The van der Waals surface area contributed by atoms with E-state index in [4.69, 9.17) is 19.3 Å². The van der Waals surface area contributed by atoms with Crippen LogP contribution in [-0.4, -0.2) is 36.9 Å². The molecule has 1 heterocycles. The molecule has 35 heavy (non-hydrogen) atoms. The molecule has 6 nitrogen and oxygen atoms in total. The summed E-state index contributed by atoms with van der Waals surface area (Å²) in [5, 5.41) is 9.06. The first-order valence-corrected chi connectivity index (χ1v) is 12.6. The van der Waals surface area contributed by atoms with Crippen LogP contribution in [0.3, 0.4) is 0 Å². The van der Waals surface area contributed by atoms with Crippen LogP contribution in [0.5, 0.6) is 17.2 Å². The Labute approximate surface area is 211 Å². The van der Waals surface area contributed by atoms with Crippen molar-refractivity contribution >= 4 is 23.8 Å². The summed E-state index contributed by atoms with van der Waals surface area (Å²) in [5.74, 6) is 2.77. The number of para-hydroxylation sites is 1. The number of ether oxygens (including phenoxy) is 3. The van der Waals surface area contributed by atoms with Crippen molar-refractivity contribution in [2.24, 2.45) is 0 Å².